The third-order valence-electron chi connectivity index (χ3n) is 6.90. The van der Waals surface area contributed by atoms with Crippen molar-refractivity contribution in [3.8, 4) is 0 Å². The Hall–Kier alpha value is -1.37. The number of rotatable bonds is 6. The van der Waals surface area contributed by atoms with E-state index >= 15 is 0 Å². The van der Waals surface area contributed by atoms with E-state index in [1.165, 1.54) is 56.9 Å². The highest BCUT2D eigenvalue weighted by Crippen LogP contribution is 2.61. The van der Waals surface area contributed by atoms with Crippen LogP contribution in [0.3, 0.4) is 0 Å². The Balaban J connectivity index is 1.36. The van der Waals surface area contributed by atoms with Crippen LogP contribution in [0.5, 0.6) is 0 Å². The van der Waals surface area contributed by atoms with Crippen molar-refractivity contribution in [3.05, 3.63) is 41.5 Å². The largest absolute Gasteiger partial charge is 0.295 e. The molecule has 0 N–H and O–H groups in total. The summed E-state index contributed by atoms with van der Waals surface area (Å²) in [5.74, 6) is 3.36. The van der Waals surface area contributed by atoms with Crippen LogP contribution in [-0.2, 0) is 11.2 Å². The van der Waals surface area contributed by atoms with Gasteiger partial charge in [-0.1, -0.05) is 37.3 Å². The van der Waals surface area contributed by atoms with Gasteiger partial charge in [-0.05, 0) is 91.7 Å². The number of carbonyl (C=O) groups is 1. The molecule has 1 aromatic rings. The Morgan fingerprint density at radius 1 is 1.04 bits per heavy atom. The number of allylic oxidation sites excluding steroid dienone is 1. The summed E-state index contributed by atoms with van der Waals surface area (Å²) in [4.78, 5) is 11.4. The van der Waals surface area contributed by atoms with Gasteiger partial charge >= 0.3 is 0 Å². The van der Waals surface area contributed by atoms with E-state index in [0.29, 0.717) is 11.8 Å². The standard InChI is InChI=1S/C23H30O/c1-2-22(24)8-7-17-3-5-18(6-4-17)9-10-23-14-19-11-20(15-23)13-21(12-19)16-23/h3-8,19-21H,2,9-16H2,1H3/b8-7+. The molecular weight excluding hydrogens is 292 g/mol. The van der Waals surface area contributed by atoms with E-state index in [1.807, 2.05) is 13.0 Å². The average Bonchev–Trinajstić information content (AvgIpc) is 2.57. The Bertz CT molecular complexity index is 587. The van der Waals surface area contributed by atoms with Crippen molar-refractivity contribution in [3.63, 3.8) is 0 Å². The molecule has 4 saturated carbocycles. The van der Waals surface area contributed by atoms with Gasteiger partial charge in [-0.3, -0.25) is 4.79 Å². The summed E-state index contributed by atoms with van der Waals surface area (Å²) in [6, 6.07) is 8.84. The molecule has 4 aliphatic rings. The molecule has 1 heteroatoms. The van der Waals surface area contributed by atoms with Crippen molar-refractivity contribution in [1.29, 1.82) is 0 Å². The van der Waals surface area contributed by atoms with Crippen LogP contribution in [0.1, 0.15) is 69.4 Å². The van der Waals surface area contributed by atoms with Crippen LogP contribution in [0.4, 0.5) is 0 Å². The molecule has 0 spiro atoms. The Morgan fingerprint density at radius 3 is 2.17 bits per heavy atom. The zero-order chi connectivity index (χ0) is 16.6. The summed E-state index contributed by atoms with van der Waals surface area (Å²) in [6.07, 6.45) is 16.0. The lowest BCUT2D eigenvalue weighted by molar-refractivity contribution is -0.114. The fourth-order valence-electron chi connectivity index (χ4n) is 6.11. The van der Waals surface area contributed by atoms with Gasteiger partial charge in [-0.15, -0.1) is 0 Å². The number of aryl methyl sites for hydroxylation is 1. The second-order valence-electron chi connectivity index (χ2n) is 8.81. The lowest BCUT2D eigenvalue weighted by atomic mass is 9.48. The molecule has 0 aromatic heterocycles. The maximum Gasteiger partial charge on any atom is 0.155 e. The van der Waals surface area contributed by atoms with Crippen LogP contribution < -0.4 is 0 Å². The SMILES string of the molecule is CCC(=O)/C=C/c1ccc(CCC23CC4CC(CC(C4)C2)C3)cc1. The summed E-state index contributed by atoms with van der Waals surface area (Å²) in [5, 5.41) is 0. The van der Waals surface area contributed by atoms with E-state index in [9.17, 15) is 4.79 Å². The first-order valence-electron chi connectivity index (χ1n) is 9.94. The second kappa shape index (κ2) is 6.50. The highest BCUT2D eigenvalue weighted by molar-refractivity contribution is 5.93. The van der Waals surface area contributed by atoms with Crippen molar-refractivity contribution in [2.24, 2.45) is 23.2 Å². The minimum Gasteiger partial charge on any atom is -0.295 e. The molecule has 128 valence electrons. The molecular formula is C23H30O. The van der Waals surface area contributed by atoms with Gasteiger partial charge in [0, 0.05) is 6.42 Å². The van der Waals surface area contributed by atoms with Gasteiger partial charge in [0.25, 0.3) is 0 Å². The molecule has 4 aliphatic carbocycles. The Kier molecular flexibility index (Phi) is 4.37. The molecule has 4 bridgehead atoms. The molecule has 1 nitrogen and oxygen atoms in total. The summed E-state index contributed by atoms with van der Waals surface area (Å²) in [5.41, 5.74) is 3.28. The first kappa shape index (κ1) is 16.1. The predicted octanol–water partition coefficient (Wildman–Crippen LogP) is 5.83. The third-order valence-corrected chi connectivity index (χ3v) is 6.90. The molecule has 4 fully saturated rings. The van der Waals surface area contributed by atoms with Crippen molar-refractivity contribution in [2.45, 2.75) is 64.7 Å². The van der Waals surface area contributed by atoms with Crippen molar-refractivity contribution in [2.75, 3.05) is 0 Å². The molecule has 1 aromatic carbocycles. The molecule has 0 aliphatic heterocycles. The summed E-state index contributed by atoms with van der Waals surface area (Å²) >= 11 is 0. The maximum absolute atomic E-state index is 11.4. The molecule has 0 atom stereocenters. The predicted molar refractivity (Wildman–Crippen MR) is 99.7 cm³/mol. The second-order valence-corrected chi connectivity index (χ2v) is 8.81. The van der Waals surface area contributed by atoms with E-state index in [-0.39, 0.29) is 5.78 Å². The number of hydrogen-bond acceptors (Lipinski definition) is 1. The monoisotopic (exact) mass is 322 g/mol. The summed E-state index contributed by atoms with van der Waals surface area (Å²) in [6.45, 7) is 1.90. The van der Waals surface area contributed by atoms with Crippen LogP contribution in [0.2, 0.25) is 0 Å². The van der Waals surface area contributed by atoms with Crippen LogP contribution in [0, 0.1) is 23.2 Å². The van der Waals surface area contributed by atoms with Crippen LogP contribution >= 0.6 is 0 Å². The highest BCUT2D eigenvalue weighted by Gasteiger charge is 2.50. The topological polar surface area (TPSA) is 17.1 Å². The molecule has 0 unspecified atom stereocenters. The van der Waals surface area contributed by atoms with Gasteiger partial charge < -0.3 is 0 Å². The minimum absolute atomic E-state index is 0.195. The van der Waals surface area contributed by atoms with E-state index in [2.05, 4.69) is 24.3 Å². The van der Waals surface area contributed by atoms with Crippen molar-refractivity contribution < 1.29 is 4.79 Å². The van der Waals surface area contributed by atoms with Crippen LogP contribution in [0.25, 0.3) is 6.08 Å². The molecule has 24 heavy (non-hydrogen) atoms. The number of carbonyl (C=O) groups excluding carboxylic acids is 1. The minimum atomic E-state index is 0.195. The molecule has 0 saturated heterocycles. The molecule has 5 rings (SSSR count). The lowest BCUT2D eigenvalue weighted by Crippen LogP contribution is -2.46. The lowest BCUT2D eigenvalue weighted by Gasteiger charge is -2.57. The zero-order valence-electron chi connectivity index (χ0n) is 15.0. The summed E-state index contributed by atoms with van der Waals surface area (Å²) in [7, 11) is 0. The highest BCUT2D eigenvalue weighted by atomic mass is 16.1. The van der Waals surface area contributed by atoms with E-state index in [4.69, 9.17) is 0 Å². The average molecular weight is 322 g/mol. The quantitative estimate of drug-likeness (QED) is 0.602. The Morgan fingerprint density at radius 2 is 1.62 bits per heavy atom. The van der Waals surface area contributed by atoms with E-state index in [1.54, 1.807) is 6.08 Å². The van der Waals surface area contributed by atoms with E-state index < -0.39 is 0 Å². The van der Waals surface area contributed by atoms with Gasteiger partial charge in [0.05, 0.1) is 0 Å². The van der Waals surface area contributed by atoms with Gasteiger partial charge in [-0.2, -0.15) is 0 Å². The fraction of sp³-hybridized carbons (Fsp3) is 0.609. The van der Waals surface area contributed by atoms with Crippen molar-refractivity contribution in [1.82, 2.24) is 0 Å². The Labute approximate surface area is 146 Å². The smallest absolute Gasteiger partial charge is 0.155 e. The van der Waals surface area contributed by atoms with Crippen molar-refractivity contribution >= 4 is 11.9 Å². The maximum atomic E-state index is 11.4. The van der Waals surface area contributed by atoms with Gasteiger partial charge in [0.2, 0.25) is 0 Å². The summed E-state index contributed by atoms with van der Waals surface area (Å²) < 4.78 is 0. The first-order chi connectivity index (χ1) is 11.6. The fourth-order valence-corrected chi connectivity index (χ4v) is 6.11. The normalized spacial score (nSPS) is 34.1. The van der Waals surface area contributed by atoms with Crippen LogP contribution in [0.15, 0.2) is 30.3 Å². The molecule has 0 amide bonds. The molecule has 0 heterocycles. The number of benzene rings is 1. The number of hydrogen-bond donors (Lipinski definition) is 0. The van der Waals surface area contributed by atoms with E-state index in [0.717, 1.165) is 23.3 Å². The van der Waals surface area contributed by atoms with Gasteiger partial charge in [-0.25, -0.2) is 0 Å². The number of ketones is 1. The van der Waals surface area contributed by atoms with Gasteiger partial charge in [0.1, 0.15) is 0 Å². The third kappa shape index (κ3) is 3.36. The van der Waals surface area contributed by atoms with Gasteiger partial charge in [0.15, 0.2) is 5.78 Å². The first-order valence-corrected chi connectivity index (χ1v) is 9.94. The van der Waals surface area contributed by atoms with Crippen LogP contribution in [-0.4, -0.2) is 5.78 Å². The molecule has 0 radical (unpaired) electrons. The zero-order valence-corrected chi connectivity index (χ0v) is 15.0.